The molecular weight excluding hydrogens is 202 g/mol. The van der Waals surface area contributed by atoms with E-state index in [0.717, 1.165) is 6.42 Å². The molecule has 0 spiro atoms. The van der Waals surface area contributed by atoms with E-state index in [9.17, 15) is 9.59 Å². The van der Waals surface area contributed by atoms with E-state index < -0.39 is 18.1 Å². The lowest BCUT2D eigenvalue weighted by molar-refractivity contribution is -0.145. The zero-order valence-corrected chi connectivity index (χ0v) is 8.56. The Labute approximate surface area is 87.5 Å². The Morgan fingerprint density at radius 3 is 2.87 bits per heavy atom. The molecule has 86 valence electrons. The van der Waals surface area contributed by atoms with Gasteiger partial charge in [-0.15, -0.1) is 0 Å². The summed E-state index contributed by atoms with van der Waals surface area (Å²) in [4.78, 5) is 22.2. The Morgan fingerprint density at radius 2 is 2.40 bits per heavy atom. The second-order valence-corrected chi connectivity index (χ2v) is 3.36. The highest BCUT2D eigenvalue weighted by Gasteiger charge is 2.27. The largest absolute Gasteiger partial charge is 0.480 e. The molecule has 0 aromatic carbocycles. The third kappa shape index (κ3) is 3.49. The SMILES string of the molecule is COCC(NC(=O)[C@H]1CCCO1)C(=O)O. The van der Waals surface area contributed by atoms with Crippen LogP contribution >= 0.6 is 0 Å². The summed E-state index contributed by atoms with van der Waals surface area (Å²) in [7, 11) is 1.38. The Bertz CT molecular complexity index is 237. The van der Waals surface area contributed by atoms with Gasteiger partial charge in [0.1, 0.15) is 6.10 Å². The summed E-state index contributed by atoms with van der Waals surface area (Å²) in [6.07, 6.45) is 0.967. The van der Waals surface area contributed by atoms with E-state index >= 15 is 0 Å². The lowest BCUT2D eigenvalue weighted by Crippen LogP contribution is -2.47. The van der Waals surface area contributed by atoms with E-state index in [1.807, 2.05) is 0 Å². The van der Waals surface area contributed by atoms with Gasteiger partial charge in [0, 0.05) is 13.7 Å². The lowest BCUT2D eigenvalue weighted by atomic mass is 10.2. The average Bonchev–Trinajstić information content (AvgIpc) is 2.69. The third-order valence-corrected chi connectivity index (χ3v) is 2.17. The molecule has 1 fully saturated rings. The number of ether oxygens (including phenoxy) is 2. The summed E-state index contributed by atoms with van der Waals surface area (Å²) >= 11 is 0. The zero-order valence-electron chi connectivity index (χ0n) is 8.56. The number of hydrogen-bond acceptors (Lipinski definition) is 4. The molecule has 1 amide bonds. The van der Waals surface area contributed by atoms with Gasteiger partial charge in [-0.1, -0.05) is 0 Å². The van der Waals surface area contributed by atoms with Gasteiger partial charge in [0.15, 0.2) is 6.04 Å². The molecule has 0 aromatic rings. The van der Waals surface area contributed by atoms with Crippen molar-refractivity contribution in [3.05, 3.63) is 0 Å². The maximum atomic E-state index is 11.5. The summed E-state index contributed by atoms with van der Waals surface area (Å²) in [5.41, 5.74) is 0. The van der Waals surface area contributed by atoms with Crippen molar-refractivity contribution in [3.63, 3.8) is 0 Å². The number of carboxylic acids is 1. The van der Waals surface area contributed by atoms with Crippen LogP contribution in [0.5, 0.6) is 0 Å². The Balaban J connectivity index is 2.42. The molecule has 6 nitrogen and oxygen atoms in total. The van der Waals surface area contributed by atoms with Crippen LogP contribution in [-0.4, -0.2) is 49.5 Å². The number of carbonyl (C=O) groups excluding carboxylic acids is 1. The normalized spacial score (nSPS) is 22.3. The smallest absolute Gasteiger partial charge is 0.328 e. The fraction of sp³-hybridized carbons (Fsp3) is 0.778. The van der Waals surface area contributed by atoms with Gasteiger partial charge >= 0.3 is 5.97 Å². The van der Waals surface area contributed by atoms with Gasteiger partial charge in [0.2, 0.25) is 5.91 Å². The van der Waals surface area contributed by atoms with Crippen molar-refractivity contribution in [2.45, 2.75) is 25.0 Å². The van der Waals surface area contributed by atoms with Crippen molar-refractivity contribution < 1.29 is 24.2 Å². The van der Waals surface area contributed by atoms with Crippen molar-refractivity contribution in [3.8, 4) is 0 Å². The summed E-state index contributed by atoms with van der Waals surface area (Å²) < 4.78 is 9.82. The van der Waals surface area contributed by atoms with Crippen LogP contribution in [0.25, 0.3) is 0 Å². The Hall–Kier alpha value is -1.14. The second-order valence-electron chi connectivity index (χ2n) is 3.36. The highest BCUT2D eigenvalue weighted by molar-refractivity contribution is 5.86. The van der Waals surface area contributed by atoms with Gasteiger partial charge in [-0.05, 0) is 12.8 Å². The van der Waals surface area contributed by atoms with Crippen molar-refractivity contribution in [1.82, 2.24) is 5.32 Å². The average molecular weight is 217 g/mol. The number of methoxy groups -OCH3 is 1. The zero-order chi connectivity index (χ0) is 11.3. The number of hydrogen-bond donors (Lipinski definition) is 2. The number of carboxylic acid groups (broad SMARTS) is 1. The van der Waals surface area contributed by atoms with E-state index in [1.165, 1.54) is 7.11 Å². The first-order valence-corrected chi connectivity index (χ1v) is 4.79. The van der Waals surface area contributed by atoms with Gasteiger partial charge in [-0.25, -0.2) is 4.79 Å². The molecule has 1 rings (SSSR count). The molecular formula is C9H15NO5. The molecule has 0 aliphatic carbocycles. The third-order valence-electron chi connectivity index (χ3n) is 2.17. The van der Waals surface area contributed by atoms with Crippen LogP contribution in [0.2, 0.25) is 0 Å². The van der Waals surface area contributed by atoms with Crippen LogP contribution in [0.4, 0.5) is 0 Å². The predicted octanol–water partition coefficient (Wildman–Crippen LogP) is -0.619. The minimum Gasteiger partial charge on any atom is -0.480 e. The maximum Gasteiger partial charge on any atom is 0.328 e. The van der Waals surface area contributed by atoms with E-state index in [0.29, 0.717) is 13.0 Å². The van der Waals surface area contributed by atoms with Crippen molar-refractivity contribution in [2.24, 2.45) is 0 Å². The molecule has 0 bridgehead atoms. The molecule has 0 saturated carbocycles. The van der Waals surface area contributed by atoms with Gasteiger partial charge < -0.3 is 19.9 Å². The Morgan fingerprint density at radius 1 is 1.67 bits per heavy atom. The molecule has 2 atom stereocenters. The molecule has 0 radical (unpaired) electrons. The number of aliphatic carboxylic acids is 1. The minimum absolute atomic E-state index is 0.0478. The molecule has 2 N–H and O–H groups in total. The minimum atomic E-state index is -1.11. The summed E-state index contributed by atoms with van der Waals surface area (Å²) in [5.74, 6) is -1.49. The highest BCUT2D eigenvalue weighted by atomic mass is 16.5. The first-order chi connectivity index (χ1) is 7.15. The van der Waals surface area contributed by atoms with Gasteiger partial charge in [0.25, 0.3) is 0 Å². The van der Waals surface area contributed by atoms with Gasteiger partial charge in [-0.3, -0.25) is 4.79 Å². The number of nitrogens with one attached hydrogen (secondary N) is 1. The van der Waals surface area contributed by atoms with E-state index in [2.05, 4.69) is 5.32 Å². The maximum absolute atomic E-state index is 11.5. The first kappa shape index (κ1) is 11.9. The van der Waals surface area contributed by atoms with Crippen LogP contribution in [0.1, 0.15) is 12.8 Å². The van der Waals surface area contributed by atoms with Gasteiger partial charge in [0.05, 0.1) is 6.61 Å². The fourth-order valence-corrected chi connectivity index (χ4v) is 1.39. The summed E-state index contributed by atoms with van der Waals surface area (Å²) in [5, 5.41) is 11.1. The standard InChI is InChI=1S/C9H15NO5/c1-14-5-6(9(12)13)10-8(11)7-3-2-4-15-7/h6-7H,2-5H2,1H3,(H,10,11)(H,12,13)/t6?,7-/m1/s1. The van der Waals surface area contributed by atoms with Crippen LogP contribution < -0.4 is 5.32 Å². The van der Waals surface area contributed by atoms with E-state index in [4.69, 9.17) is 14.6 Å². The molecule has 0 aromatic heterocycles. The summed E-state index contributed by atoms with van der Waals surface area (Å²) in [6.45, 7) is 0.508. The monoisotopic (exact) mass is 217 g/mol. The number of amides is 1. The van der Waals surface area contributed by atoms with Crippen molar-refractivity contribution in [2.75, 3.05) is 20.3 Å². The van der Waals surface area contributed by atoms with E-state index in [1.54, 1.807) is 0 Å². The van der Waals surface area contributed by atoms with Crippen molar-refractivity contribution in [1.29, 1.82) is 0 Å². The first-order valence-electron chi connectivity index (χ1n) is 4.79. The van der Waals surface area contributed by atoms with Crippen LogP contribution in [0.15, 0.2) is 0 Å². The molecule has 1 heterocycles. The van der Waals surface area contributed by atoms with Crippen molar-refractivity contribution >= 4 is 11.9 Å². The molecule has 1 aliphatic heterocycles. The second kappa shape index (κ2) is 5.67. The molecule has 6 heteroatoms. The highest BCUT2D eigenvalue weighted by Crippen LogP contribution is 2.11. The van der Waals surface area contributed by atoms with Crippen LogP contribution in [-0.2, 0) is 19.1 Å². The quantitative estimate of drug-likeness (QED) is 0.641. The topological polar surface area (TPSA) is 84.9 Å². The molecule has 1 aliphatic rings. The number of rotatable bonds is 5. The molecule has 1 unspecified atom stereocenters. The number of carbonyl (C=O) groups is 2. The lowest BCUT2D eigenvalue weighted by Gasteiger charge is -2.16. The van der Waals surface area contributed by atoms with E-state index in [-0.39, 0.29) is 12.5 Å². The molecule has 1 saturated heterocycles. The predicted molar refractivity (Wildman–Crippen MR) is 50.4 cm³/mol. The molecule has 15 heavy (non-hydrogen) atoms. The fourth-order valence-electron chi connectivity index (χ4n) is 1.39. The van der Waals surface area contributed by atoms with Crippen LogP contribution in [0, 0.1) is 0 Å². The van der Waals surface area contributed by atoms with Gasteiger partial charge in [-0.2, -0.15) is 0 Å². The Kier molecular flexibility index (Phi) is 4.51. The van der Waals surface area contributed by atoms with Crippen LogP contribution in [0.3, 0.4) is 0 Å². The summed E-state index contributed by atoms with van der Waals surface area (Å²) in [6, 6.07) is -1.01.